The summed E-state index contributed by atoms with van der Waals surface area (Å²) >= 11 is 0. The molecule has 1 amide bonds. The number of pyridine rings is 1. The summed E-state index contributed by atoms with van der Waals surface area (Å²) in [6.45, 7) is 5.03. The van der Waals surface area contributed by atoms with E-state index in [-0.39, 0.29) is 5.91 Å². The average Bonchev–Trinajstić information content (AvgIpc) is 2.46. The molecule has 0 aliphatic carbocycles. The van der Waals surface area contributed by atoms with E-state index in [9.17, 15) is 4.79 Å². The number of carbonyl (C=O) groups excluding carboxylic acids is 1. The van der Waals surface area contributed by atoms with Gasteiger partial charge in [-0.15, -0.1) is 0 Å². The SMILES string of the molecule is CCNC(=O)c1ccc(N)cc1NCc1ncccc1C. The summed E-state index contributed by atoms with van der Waals surface area (Å²) in [5, 5.41) is 6.04. The second-order valence-corrected chi connectivity index (χ2v) is 4.79. The monoisotopic (exact) mass is 284 g/mol. The fourth-order valence-electron chi connectivity index (χ4n) is 2.04. The molecule has 0 saturated heterocycles. The van der Waals surface area contributed by atoms with E-state index in [4.69, 9.17) is 5.73 Å². The Morgan fingerprint density at radius 3 is 2.86 bits per heavy atom. The van der Waals surface area contributed by atoms with E-state index in [0.29, 0.717) is 30.0 Å². The minimum atomic E-state index is -0.113. The molecule has 0 radical (unpaired) electrons. The molecule has 1 aromatic heterocycles. The highest BCUT2D eigenvalue weighted by atomic mass is 16.1. The van der Waals surface area contributed by atoms with E-state index < -0.39 is 0 Å². The van der Waals surface area contributed by atoms with Crippen molar-refractivity contribution < 1.29 is 4.79 Å². The summed E-state index contributed by atoms with van der Waals surface area (Å²) in [5.41, 5.74) is 9.78. The topological polar surface area (TPSA) is 80.0 Å². The van der Waals surface area contributed by atoms with Crippen molar-refractivity contribution in [2.45, 2.75) is 20.4 Å². The zero-order valence-electron chi connectivity index (χ0n) is 12.3. The predicted octanol–water partition coefficient (Wildman–Crippen LogP) is 2.33. The highest BCUT2D eigenvalue weighted by molar-refractivity contribution is 6.00. The van der Waals surface area contributed by atoms with Crippen LogP contribution in [0.2, 0.25) is 0 Å². The molecule has 5 nitrogen and oxygen atoms in total. The minimum Gasteiger partial charge on any atom is -0.399 e. The van der Waals surface area contributed by atoms with Gasteiger partial charge in [0.2, 0.25) is 0 Å². The van der Waals surface area contributed by atoms with Crippen molar-refractivity contribution in [2.75, 3.05) is 17.6 Å². The molecule has 0 spiro atoms. The molecular formula is C16H20N4O. The van der Waals surface area contributed by atoms with Gasteiger partial charge in [0.25, 0.3) is 5.91 Å². The van der Waals surface area contributed by atoms with Crippen molar-refractivity contribution in [1.29, 1.82) is 0 Å². The Labute approximate surface area is 124 Å². The molecule has 2 aromatic rings. The lowest BCUT2D eigenvalue weighted by Crippen LogP contribution is -2.24. The molecule has 4 N–H and O–H groups in total. The van der Waals surface area contributed by atoms with Crippen LogP contribution in [0.15, 0.2) is 36.5 Å². The number of nitrogens with two attached hydrogens (primary N) is 1. The number of hydrogen-bond acceptors (Lipinski definition) is 4. The third-order valence-corrected chi connectivity index (χ3v) is 3.19. The van der Waals surface area contributed by atoms with E-state index in [2.05, 4.69) is 15.6 Å². The molecule has 1 aromatic carbocycles. The lowest BCUT2D eigenvalue weighted by molar-refractivity contribution is 0.0956. The third-order valence-electron chi connectivity index (χ3n) is 3.19. The van der Waals surface area contributed by atoms with Gasteiger partial charge in [-0.1, -0.05) is 6.07 Å². The first-order chi connectivity index (χ1) is 10.1. The lowest BCUT2D eigenvalue weighted by Gasteiger charge is -2.13. The molecule has 0 fully saturated rings. The summed E-state index contributed by atoms with van der Waals surface area (Å²) in [5.74, 6) is -0.113. The van der Waals surface area contributed by atoms with Crippen molar-refractivity contribution in [3.05, 3.63) is 53.3 Å². The number of nitrogens with zero attached hydrogens (tertiary/aromatic N) is 1. The second kappa shape index (κ2) is 6.74. The maximum Gasteiger partial charge on any atom is 0.253 e. The van der Waals surface area contributed by atoms with E-state index in [0.717, 1.165) is 11.3 Å². The van der Waals surface area contributed by atoms with Crippen molar-refractivity contribution >= 4 is 17.3 Å². The molecule has 0 bridgehead atoms. The van der Waals surface area contributed by atoms with Crippen LogP contribution in [0.5, 0.6) is 0 Å². The number of carbonyl (C=O) groups is 1. The number of benzene rings is 1. The maximum atomic E-state index is 12.0. The molecule has 110 valence electrons. The van der Waals surface area contributed by atoms with Gasteiger partial charge in [-0.2, -0.15) is 0 Å². The average molecular weight is 284 g/mol. The van der Waals surface area contributed by atoms with Gasteiger partial charge in [-0.25, -0.2) is 0 Å². The quantitative estimate of drug-likeness (QED) is 0.736. The van der Waals surface area contributed by atoms with Crippen molar-refractivity contribution in [3.63, 3.8) is 0 Å². The number of rotatable bonds is 5. The molecule has 2 rings (SSSR count). The summed E-state index contributed by atoms with van der Waals surface area (Å²) in [7, 11) is 0. The molecule has 0 atom stereocenters. The number of anilines is 2. The van der Waals surface area contributed by atoms with Crippen LogP contribution >= 0.6 is 0 Å². The van der Waals surface area contributed by atoms with Crippen LogP contribution in [0.3, 0.4) is 0 Å². The number of nitrogen functional groups attached to an aromatic ring is 1. The standard InChI is InChI=1S/C16H20N4O/c1-3-18-16(21)13-7-6-12(17)9-14(13)20-10-15-11(2)5-4-8-19-15/h4-9,20H,3,10,17H2,1-2H3,(H,18,21). The molecule has 5 heteroatoms. The molecule has 0 aliphatic heterocycles. The summed E-state index contributed by atoms with van der Waals surface area (Å²) in [6.07, 6.45) is 1.76. The smallest absolute Gasteiger partial charge is 0.253 e. The molecule has 21 heavy (non-hydrogen) atoms. The van der Waals surface area contributed by atoms with Crippen LogP contribution in [0.25, 0.3) is 0 Å². The van der Waals surface area contributed by atoms with Crippen molar-refractivity contribution in [1.82, 2.24) is 10.3 Å². The molecule has 1 heterocycles. The van der Waals surface area contributed by atoms with Crippen LogP contribution in [0.4, 0.5) is 11.4 Å². The highest BCUT2D eigenvalue weighted by Gasteiger charge is 2.11. The van der Waals surface area contributed by atoms with Gasteiger partial charge in [0.15, 0.2) is 0 Å². The largest absolute Gasteiger partial charge is 0.399 e. The fourth-order valence-corrected chi connectivity index (χ4v) is 2.04. The van der Waals surface area contributed by atoms with Gasteiger partial charge >= 0.3 is 0 Å². The van der Waals surface area contributed by atoms with Crippen molar-refractivity contribution in [2.24, 2.45) is 0 Å². The van der Waals surface area contributed by atoms with Crippen LogP contribution in [-0.2, 0) is 6.54 Å². The van der Waals surface area contributed by atoms with E-state index in [1.54, 1.807) is 24.4 Å². The summed E-state index contributed by atoms with van der Waals surface area (Å²) in [4.78, 5) is 16.4. The Morgan fingerprint density at radius 1 is 1.33 bits per heavy atom. The molecule has 0 unspecified atom stereocenters. The van der Waals surface area contributed by atoms with Crippen molar-refractivity contribution in [3.8, 4) is 0 Å². The van der Waals surface area contributed by atoms with Gasteiger partial charge in [0.05, 0.1) is 17.8 Å². The number of hydrogen-bond donors (Lipinski definition) is 3. The maximum absolute atomic E-state index is 12.0. The van der Waals surface area contributed by atoms with Gasteiger partial charge in [0, 0.05) is 24.1 Å². The molecule has 0 aliphatic rings. The van der Waals surface area contributed by atoms with Crippen LogP contribution in [0, 0.1) is 6.92 Å². The van der Waals surface area contributed by atoms with Gasteiger partial charge in [0.1, 0.15) is 0 Å². The number of aryl methyl sites for hydroxylation is 1. The Kier molecular flexibility index (Phi) is 4.77. The number of aromatic nitrogens is 1. The first-order valence-electron chi connectivity index (χ1n) is 6.94. The minimum absolute atomic E-state index is 0.113. The van der Waals surface area contributed by atoms with Crippen LogP contribution in [0.1, 0.15) is 28.5 Å². The van der Waals surface area contributed by atoms with Crippen LogP contribution < -0.4 is 16.4 Å². The highest BCUT2D eigenvalue weighted by Crippen LogP contribution is 2.20. The van der Waals surface area contributed by atoms with Gasteiger partial charge < -0.3 is 16.4 Å². The third kappa shape index (κ3) is 3.72. The first-order valence-corrected chi connectivity index (χ1v) is 6.94. The number of amides is 1. The lowest BCUT2D eigenvalue weighted by atomic mass is 10.1. The molecule has 0 saturated carbocycles. The Bertz CT molecular complexity index is 640. The van der Waals surface area contributed by atoms with E-state index >= 15 is 0 Å². The molecular weight excluding hydrogens is 264 g/mol. The zero-order valence-corrected chi connectivity index (χ0v) is 12.3. The Hall–Kier alpha value is -2.56. The fraction of sp³-hybridized carbons (Fsp3) is 0.250. The normalized spacial score (nSPS) is 10.2. The van der Waals surface area contributed by atoms with Gasteiger partial charge in [-0.05, 0) is 43.7 Å². The van der Waals surface area contributed by atoms with E-state index in [1.165, 1.54) is 0 Å². The van der Waals surface area contributed by atoms with Gasteiger partial charge in [-0.3, -0.25) is 9.78 Å². The Balaban J connectivity index is 2.20. The van der Waals surface area contributed by atoms with E-state index in [1.807, 2.05) is 26.0 Å². The predicted molar refractivity (Wildman–Crippen MR) is 85.2 cm³/mol. The summed E-state index contributed by atoms with van der Waals surface area (Å²) in [6, 6.07) is 9.13. The number of nitrogens with one attached hydrogen (secondary N) is 2. The zero-order chi connectivity index (χ0) is 15.2. The first kappa shape index (κ1) is 14.8. The van der Waals surface area contributed by atoms with Crippen LogP contribution in [-0.4, -0.2) is 17.4 Å². The second-order valence-electron chi connectivity index (χ2n) is 4.79. The summed E-state index contributed by atoms with van der Waals surface area (Å²) < 4.78 is 0. The Morgan fingerprint density at radius 2 is 2.14 bits per heavy atom.